The minimum absolute atomic E-state index is 0.0301. The minimum atomic E-state index is 0.0301. The highest BCUT2D eigenvalue weighted by atomic mass is 16.3. The fourth-order valence-electron chi connectivity index (χ4n) is 0.972. The molecule has 1 aromatic carbocycles. The van der Waals surface area contributed by atoms with Gasteiger partial charge < -0.3 is 10.2 Å². The van der Waals surface area contributed by atoms with Crippen LogP contribution in [0, 0.1) is 6.92 Å². The van der Waals surface area contributed by atoms with Crippen molar-refractivity contribution in [2.75, 3.05) is 0 Å². The van der Waals surface area contributed by atoms with Crippen LogP contribution >= 0.6 is 0 Å². The van der Waals surface area contributed by atoms with Crippen molar-refractivity contribution in [3.05, 3.63) is 35.9 Å². The molecular formula is C9H10O2. The molecule has 0 aliphatic carbocycles. The van der Waals surface area contributed by atoms with E-state index in [1.54, 1.807) is 19.1 Å². The highest BCUT2D eigenvalue weighted by Crippen LogP contribution is 2.19. The Kier molecular flexibility index (Phi) is 1.85. The van der Waals surface area contributed by atoms with E-state index >= 15 is 0 Å². The third-order valence-corrected chi connectivity index (χ3v) is 1.52. The number of hydrogen-bond acceptors (Lipinski definition) is 2. The molecule has 0 fully saturated rings. The maximum atomic E-state index is 9.02. The first-order valence-corrected chi connectivity index (χ1v) is 3.29. The highest BCUT2D eigenvalue weighted by molar-refractivity contribution is 5.60. The quantitative estimate of drug-likeness (QED) is 0.602. The van der Waals surface area contributed by atoms with Gasteiger partial charge in [-0.25, -0.2) is 0 Å². The van der Waals surface area contributed by atoms with Crippen LogP contribution in [0.25, 0.3) is 5.76 Å². The van der Waals surface area contributed by atoms with E-state index in [9.17, 15) is 0 Å². The normalized spacial score (nSPS) is 9.55. The van der Waals surface area contributed by atoms with Gasteiger partial charge in [0.2, 0.25) is 0 Å². The van der Waals surface area contributed by atoms with E-state index < -0.39 is 0 Å². The number of hydrogen-bond donors (Lipinski definition) is 2. The zero-order valence-electron chi connectivity index (χ0n) is 6.33. The molecule has 58 valence electrons. The summed E-state index contributed by atoms with van der Waals surface area (Å²) in [6.07, 6.45) is 0. The van der Waals surface area contributed by atoms with Crippen LogP contribution in [0.1, 0.15) is 11.1 Å². The average molecular weight is 150 g/mol. The molecule has 0 bridgehead atoms. The predicted molar refractivity (Wildman–Crippen MR) is 44.5 cm³/mol. The number of aryl methyl sites for hydroxylation is 1. The Morgan fingerprint density at radius 3 is 2.55 bits per heavy atom. The monoisotopic (exact) mass is 150 g/mol. The third kappa shape index (κ3) is 1.52. The van der Waals surface area contributed by atoms with Crippen molar-refractivity contribution in [1.29, 1.82) is 0 Å². The van der Waals surface area contributed by atoms with Gasteiger partial charge in [0.05, 0.1) is 0 Å². The van der Waals surface area contributed by atoms with E-state index in [-0.39, 0.29) is 11.5 Å². The molecule has 0 aliphatic rings. The summed E-state index contributed by atoms with van der Waals surface area (Å²) < 4.78 is 0. The van der Waals surface area contributed by atoms with Crippen molar-refractivity contribution >= 4 is 5.76 Å². The number of aromatic hydroxyl groups is 1. The van der Waals surface area contributed by atoms with Crippen LogP contribution in [0.15, 0.2) is 24.8 Å². The van der Waals surface area contributed by atoms with Crippen LogP contribution in [0.4, 0.5) is 0 Å². The molecule has 2 N–H and O–H groups in total. The zero-order valence-corrected chi connectivity index (χ0v) is 6.33. The number of benzene rings is 1. The summed E-state index contributed by atoms with van der Waals surface area (Å²) in [5, 5.41) is 18.0. The highest BCUT2D eigenvalue weighted by Gasteiger charge is 2.00. The Balaban J connectivity index is 3.20. The lowest BCUT2D eigenvalue weighted by molar-refractivity contribution is 0.474. The molecule has 0 unspecified atom stereocenters. The third-order valence-electron chi connectivity index (χ3n) is 1.52. The topological polar surface area (TPSA) is 40.5 Å². The molecule has 2 heteroatoms. The van der Waals surface area contributed by atoms with E-state index in [2.05, 4.69) is 6.58 Å². The Labute approximate surface area is 65.4 Å². The van der Waals surface area contributed by atoms with Crippen LogP contribution in [-0.2, 0) is 0 Å². The van der Waals surface area contributed by atoms with Crippen molar-refractivity contribution < 1.29 is 10.2 Å². The Bertz CT molecular complexity index is 290. The minimum Gasteiger partial charge on any atom is -0.508 e. The molecule has 2 nitrogen and oxygen atoms in total. The second kappa shape index (κ2) is 2.66. The van der Waals surface area contributed by atoms with E-state index in [1.165, 1.54) is 6.07 Å². The van der Waals surface area contributed by atoms with E-state index in [0.29, 0.717) is 5.56 Å². The van der Waals surface area contributed by atoms with Crippen LogP contribution < -0.4 is 0 Å². The predicted octanol–water partition coefficient (Wildman–Crippen LogP) is 2.23. The van der Waals surface area contributed by atoms with E-state index in [1.807, 2.05) is 0 Å². The molecule has 0 spiro atoms. The van der Waals surface area contributed by atoms with Gasteiger partial charge in [-0.2, -0.15) is 0 Å². The van der Waals surface area contributed by atoms with Gasteiger partial charge in [0.25, 0.3) is 0 Å². The summed E-state index contributed by atoms with van der Waals surface area (Å²) in [5.41, 5.74) is 1.49. The van der Waals surface area contributed by atoms with Crippen LogP contribution in [0.2, 0.25) is 0 Å². The summed E-state index contributed by atoms with van der Waals surface area (Å²) in [6.45, 7) is 5.19. The molecule has 11 heavy (non-hydrogen) atoms. The van der Waals surface area contributed by atoms with E-state index in [4.69, 9.17) is 10.2 Å². The number of aliphatic hydroxyl groups is 1. The van der Waals surface area contributed by atoms with Crippen LogP contribution in [-0.4, -0.2) is 10.2 Å². The summed E-state index contributed by atoms with van der Waals surface area (Å²) >= 11 is 0. The van der Waals surface area contributed by atoms with Crippen molar-refractivity contribution in [1.82, 2.24) is 0 Å². The van der Waals surface area contributed by atoms with Gasteiger partial charge >= 0.3 is 0 Å². The van der Waals surface area contributed by atoms with Gasteiger partial charge in [0, 0.05) is 5.56 Å². The van der Waals surface area contributed by atoms with Crippen molar-refractivity contribution in [2.45, 2.75) is 6.92 Å². The fourth-order valence-corrected chi connectivity index (χ4v) is 0.972. The molecule has 0 aromatic heterocycles. The molecule has 0 heterocycles. The number of aliphatic hydroxyl groups excluding tert-OH is 1. The first-order chi connectivity index (χ1) is 5.11. The Hall–Kier alpha value is -1.44. The van der Waals surface area contributed by atoms with Crippen molar-refractivity contribution in [3.8, 4) is 5.75 Å². The van der Waals surface area contributed by atoms with Crippen molar-refractivity contribution in [3.63, 3.8) is 0 Å². The Morgan fingerprint density at radius 2 is 2.09 bits per heavy atom. The van der Waals surface area contributed by atoms with Gasteiger partial charge in [-0.1, -0.05) is 6.58 Å². The fraction of sp³-hybridized carbons (Fsp3) is 0.111. The SMILES string of the molecule is C=C(O)c1ccc(O)cc1C. The molecule has 1 aromatic rings. The number of phenolic OH excluding ortho intramolecular Hbond substituents is 1. The number of phenols is 1. The molecular weight excluding hydrogens is 140 g/mol. The second-order valence-electron chi connectivity index (χ2n) is 2.45. The molecule has 0 aliphatic heterocycles. The van der Waals surface area contributed by atoms with Crippen LogP contribution in [0.3, 0.4) is 0 Å². The van der Waals surface area contributed by atoms with Gasteiger partial charge in [-0.3, -0.25) is 0 Å². The second-order valence-corrected chi connectivity index (χ2v) is 2.45. The number of rotatable bonds is 1. The van der Waals surface area contributed by atoms with Crippen LogP contribution in [0.5, 0.6) is 5.75 Å². The van der Waals surface area contributed by atoms with E-state index in [0.717, 1.165) is 5.56 Å². The lowest BCUT2D eigenvalue weighted by atomic mass is 10.1. The summed E-state index contributed by atoms with van der Waals surface area (Å²) in [4.78, 5) is 0. The van der Waals surface area contributed by atoms with Gasteiger partial charge in [0.15, 0.2) is 0 Å². The molecule has 0 radical (unpaired) electrons. The van der Waals surface area contributed by atoms with Gasteiger partial charge in [-0.15, -0.1) is 0 Å². The van der Waals surface area contributed by atoms with Gasteiger partial charge in [-0.05, 0) is 30.7 Å². The molecule has 0 saturated carbocycles. The lowest BCUT2D eigenvalue weighted by Gasteiger charge is -2.02. The van der Waals surface area contributed by atoms with Gasteiger partial charge in [0.1, 0.15) is 11.5 Å². The summed E-state index contributed by atoms with van der Waals surface area (Å²) in [7, 11) is 0. The first kappa shape index (κ1) is 7.66. The average Bonchev–Trinajstić information content (AvgIpc) is 1.85. The maximum absolute atomic E-state index is 9.02. The first-order valence-electron chi connectivity index (χ1n) is 3.29. The molecule has 1 rings (SSSR count). The molecule has 0 saturated heterocycles. The Morgan fingerprint density at radius 1 is 1.45 bits per heavy atom. The summed E-state index contributed by atoms with van der Waals surface area (Å²) in [6, 6.07) is 4.73. The standard InChI is InChI=1S/C9H10O2/c1-6-5-8(11)3-4-9(6)7(2)10/h3-5,10-11H,2H2,1H3. The largest absolute Gasteiger partial charge is 0.508 e. The maximum Gasteiger partial charge on any atom is 0.115 e. The summed E-state index contributed by atoms with van der Waals surface area (Å²) in [5.74, 6) is 0.231. The lowest BCUT2D eigenvalue weighted by Crippen LogP contribution is -1.85. The zero-order chi connectivity index (χ0) is 8.43. The van der Waals surface area contributed by atoms with Crippen molar-refractivity contribution in [2.24, 2.45) is 0 Å². The molecule has 0 amide bonds. The molecule has 0 atom stereocenters. The smallest absolute Gasteiger partial charge is 0.115 e.